The number of carbonyl (C=O) groups excluding carboxylic acids is 1. The van der Waals surface area contributed by atoms with Crippen LogP contribution in [0.2, 0.25) is 0 Å². The summed E-state index contributed by atoms with van der Waals surface area (Å²) in [5.41, 5.74) is 2.52. The van der Waals surface area contributed by atoms with E-state index in [9.17, 15) is 4.79 Å². The third-order valence-electron chi connectivity index (χ3n) is 5.27. The molecule has 1 aromatic heterocycles. The molecule has 3 rings (SSSR count). The number of furan rings is 1. The molecule has 25 heavy (non-hydrogen) atoms. The van der Waals surface area contributed by atoms with Crippen molar-refractivity contribution in [3.8, 4) is 11.3 Å². The minimum Gasteiger partial charge on any atom is -0.460 e. The zero-order valence-corrected chi connectivity index (χ0v) is 15.5. The Labute approximate surface area is 150 Å². The second-order valence-corrected chi connectivity index (χ2v) is 6.99. The Balaban J connectivity index is 1.70. The van der Waals surface area contributed by atoms with Gasteiger partial charge in [-0.3, -0.25) is 9.69 Å². The monoisotopic (exact) mass is 340 g/mol. The van der Waals surface area contributed by atoms with Gasteiger partial charge in [0.1, 0.15) is 11.5 Å². The fourth-order valence-corrected chi connectivity index (χ4v) is 3.58. The molecule has 2 aromatic rings. The largest absolute Gasteiger partial charge is 0.460 e. The van der Waals surface area contributed by atoms with E-state index in [-0.39, 0.29) is 5.91 Å². The third kappa shape index (κ3) is 3.96. The number of piperidine rings is 1. The van der Waals surface area contributed by atoms with Crippen LogP contribution in [0.25, 0.3) is 11.3 Å². The van der Waals surface area contributed by atoms with Crippen LogP contribution < -0.4 is 5.32 Å². The molecule has 1 amide bonds. The Morgan fingerprint density at radius 3 is 2.72 bits per heavy atom. The molecule has 1 atom stereocenters. The Morgan fingerprint density at radius 2 is 2.00 bits per heavy atom. The molecule has 1 fully saturated rings. The summed E-state index contributed by atoms with van der Waals surface area (Å²) in [7, 11) is 0. The molecule has 0 radical (unpaired) electrons. The van der Waals surface area contributed by atoms with Crippen LogP contribution in [0.15, 0.2) is 34.7 Å². The maximum Gasteiger partial charge on any atom is 0.255 e. The summed E-state index contributed by atoms with van der Waals surface area (Å²) in [5, 5.41) is 3.09. The van der Waals surface area contributed by atoms with Gasteiger partial charge in [0.2, 0.25) is 0 Å². The number of likely N-dealkylation sites (tertiary alicyclic amines) is 1. The van der Waals surface area contributed by atoms with Crippen LogP contribution in [0.1, 0.15) is 47.9 Å². The minimum absolute atomic E-state index is 0.0436. The normalized spacial score (nSPS) is 18.3. The number of hydrogen-bond acceptors (Lipinski definition) is 3. The first-order valence-electron chi connectivity index (χ1n) is 9.25. The highest BCUT2D eigenvalue weighted by Crippen LogP contribution is 2.30. The molecule has 134 valence electrons. The number of benzene rings is 1. The molecule has 1 aliphatic rings. The minimum atomic E-state index is -0.0436. The molecular formula is C21H28N2O2. The van der Waals surface area contributed by atoms with E-state index >= 15 is 0 Å². The van der Waals surface area contributed by atoms with E-state index in [0.717, 1.165) is 30.0 Å². The van der Waals surface area contributed by atoms with Crippen LogP contribution in [0.5, 0.6) is 0 Å². The van der Waals surface area contributed by atoms with Crippen LogP contribution in [-0.4, -0.2) is 36.5 Å². The molecule has 2 heterocycles. The maximum atomic E-state index is 12.8. The maximum absolute atomic E-state index is 12.8. The summed E-state index contributed by atoms with van der Waals surface area (Å²) in [6.45, 7) is 8.85. The van der Waals surface area contributed by atoms with Gasteiger partial charge in [-0.25, -0.2) is 0 Å². The Hall–Kier alpha value is -2.07. The van der Waals surface area contributed by atoms with E-state index in [1.807, 2.05) is 44.2 Å². The smallest absolute Gasteiger partial charge is 0.255 e. The number of nitrogens with one attached hydrogen (secondary N) is 1. The van der Waals surface area contributed by atoms with Crippen molar-refractivity contribution in [1.29, 1.82) is 0 Å². The van der Waals surface area contributed by atoms with Gasteiger partial charge in [-0.1, -0.05) is 36.8 Å². The van der Waals surface area contributed by atoms with Crippen molar-refractivity contribution < 1.29 is 9.21 Å². The van der Waals surface area contributed by atoms with Crippen molar-refractivity contribution >= 4 is 5.91 Å². The van der Waals surface area contributed by atoms with E-state index in [1.54, 1.807) is 0 Å². The summed E-state index contributed by atoms with van der Waals surface area (Å²) in [5.74, 6) is 1.42. The highest BCUT2D eigenvalue weighted by atomic mass is 16.3. The molecule has 4 heteroatoms. The van der Waals surface area contributed by atoms with Gasteiger partial charge in [-0.2, -0.15) is 0 Å². The first-order chi connectivity index (χ1) is 12.1. The zero-order valence-electron chi connectivity index (χ0n) is 15.5. The van der Waals surface area contributed by atoms with Crippen molar-refractivity contribution in [3.05, 3.63) is 47.2 Å². The van der Waals surface area contributed by atoms with Crippen LogP contribution in [-0.2, 0) is 0 Å². The lowest BCUT2D eigenvalue weighted by molar-refractivity contribution is 0.0938. The SMILES string of the molecule is Cc1oc(-c2ccccc2)c(C(=O)NCCN2CCCC[C@H]2C)c1C. The van der Waals surface area contributed by atoms with Crippen LogP contribution in [0, 0.1) is 13.8 Å². The number of hydrogen-bond donors (Lipinski definition) is 1. The van der Waals surface area contributed by atoms with E-state index < -0.39 is 0 Å². The topological polar surface area (TPSA) is 45.5 Å². The van der Waals surface area contributed by atoms with Crippen LogP contribution in [0.4, 0.5) is 0 Å². The van der Waals surface area contributed by atoms with E-state index in [2.05, 4.69) is 17.1 Å². The number of aryl methyl sites for hydroxylation is 1. The molecule has 1 saturated heterocycles. The molecule has 1 aromatic carbocycles. The summed E-state index contributed by atoms with van der Waals surface area (Å²) < 4.78 is 5.89. The molecule has 0 saturated carbocycles. The third-order valence-corrected chi connectivity index (χ3v) is 5.27. The molecule has 4 nitrogen and oxygen atoms in total. The fourth-order valence-electron chi connectivity index (χ4n) is 3.58. The Kier molecular flexibility index (Phi) is 5.59. The predicted octanol–water partition coefficient (Wildman–Crippen LogP) is 4.17. The van der Waals surface area contributed by atoms with Crippen LogP contribution >= 0.6 is 0 Å². The highest BCUT2D eigenvalue weighted by Gasteiger charge is 2.23. The number of amides is 1. The van der Waals surface area contributed by atoms with Crippen molar-refractivity contribution in [2.45, 2.75) is 46.1 Å². The summed E-state index contributed by atoms with van der Waals surface area (Å²) in [6.07, 6.45) is 3.83. The fraction of sp³-hybridized carbons (Fsp3) is 0.476. The zero-order chi connectivity index (χ0) is 17.8. The lowest BCUT2D eigenvalue weighted by atomic mass is 10.0. The van der Waals surface area contributed by atoms with Gasteiger partial charge in [0, 0.05) is 30.3 Å². The van der Waals surface area contributed by atoms with E-state index in [0.29, 0.717) is 23.9 Å². The molecule has 0 aliphatic carbocycles. The van der Waals surface area contributed by atoms with Gasteiger partial charge in [-0.15, -0.1) is 0 Å². The van der Waals surface area contributed by atoms with Crippen LogP contribution in [0.3, 0.4) is 0 Å². The van der Waals surface area contributed by atoms with Crippen molar-refractivity contribution in [2.75, 3.05) is 19.6 Å². The van der Waals surface area contributed by atoms with E-state index in [1.165, 1.54) is 19.3 Å². The number of carbonyl (C=O) groups is 1. The van der Waals surface area contributed by atoms with Gasteiger partial charge >= 0.3 is 0 Å². The molecule has 0 bridgehead atoms. The molecule has 1 aliphatic heterocycles. The first kappa shape index (κ1) is 17.7. The van der Waals surface area contributed by atoms with Gasteiger partial charge in [0.25, 0.3) is 5.91 Å². The molecule has 1 N–H and O–H groups in total. The Morgan fingerprint density at radius 1 is 1.24 bits per heavy atom. The van der Waals surface area contributed by atoms with Gasteiger partial charge in [0.05, 0.1) is 5.56 Å². The summed E-state index contributed by atoms with van der Waals surface area (Å²) in [6, 6.07) is 10.5. The summed E-state index contributed by atoms with van der Waals surface area (Å²) >= 11 is 0. The lowest BCUT2D eigenvalue weighted by Gasteiger charge is -2.33. The summed E-state index contributed by atoms with van der Waals surface area (Å²) in [4.78, 5) is 15.3. The van der Waals surface area contributed by atoms with E-state index in [4.69, 9.17) is 4.42 Å². The second-order valence-electron chi connectivity index (χ2n) is 6.99. The molecule has 0 unspecified atom stereocenters. The standard InChI is InChI=1S/C21H28N2O2/c1-15-9-7-8-13-23(15)14-12-22-21(24)19-16(2)17(3)25-20(19)18-10-5-4-6-11-18/h4-6,10-11,15H,7-9,12-14H2,1-3H3,(H,22,24)/t15-/m1/s1. The average molecular weight is 340 g/mol. The first-order valence-corrected chi connectivity index (χ1v) is 9.25. The van der Waals surface area contributed by atoms with Gasteiger partial charge in [0.15, 0.2) is 0 Å². The van der Waals surface area contributed by atoms with Crippen molar-refractivity contribution in [2.24, 2.45) is 0 Å². The van der Waals surface area contributed by atoms with Gasteiger partial charge in [-0.05, 0) is 40.2 Å². The highest BCUT2D eigenvalue weighted by molar-refractivity contribution is 6.01. The Bertz CT molecular complexity index is 721. The molecule has 0 spiro atoms. The number of rotatable bonds is 5. The van der Waals surface area contributed by atoms with Crippen molar-refractivity contribution in [3.63, 3.8) is 0 Å². The number of nitrogens with zero attached hydrogens (tertiary/aromatic N) is 1. The molecular weight excluding hydrogens is 312 g/mol. The van der Waals surface area contributed by atoms with Gasteiger partial charge < -0.3 is 9.73 Å². The average Bonchev–Trinajstić information content (AvgIpc) is 2.92. The van der Waals surface area contributed by atoms with Crippen molar-refractivity contribution in [1.82, 2.24) is 10.2 Å². The second kappa shape index (κ2) is 7.87. The quantitative estimate of drug-likeness (QED) is 0.888. The predicted molar refractivity (Wildman–Crippen MR) is 101 cm³/mol. The lowest BCUT2D eigenvalue weighted by Crippen LogP contribution is -2.42.